The van der Waals surface area contributed by atoms with Crippen molar-refractivity contribution in [3.63, 3.8) is 0 Å². The zero-order valence-electron chi connectivity index (χ0n) is 44.7. The zero-order chi connectivity index (χ0) is 60.7. The van der Waals surface area contributed by atoms with Crippen LogP contribution in [-0.2, 0) is 65.6 Å². The molecule has 2 aromatic rings. The number of carbonyl (C=O) groups is 13. The van der Waals surface area contributed by atoms with Gasteiger partial charge in [0.2, 0.25) is 29.5 Å². The maximum absolute atomic E-state index is 14.3. The number of nitrogens with zero attached hydrogens (tertiary/aromatic N) is 4. The number of carbonyl (C=O) groups excluding carboxylic acids is 6. The Morgan fingerprint density at radius 2 is 0.744 bits per heavy atom. The Morgan fingerprint density at radius 1 is 0.390 bits per heavy atom. The van der Waals surface area contributed by atoms with Crippen molar-refractivity contribution < 1.29 is 98.1 Å². The van der Waals surface area contributed by atoms with Gasteiger partial charge in [-0.2, -0.15) is 0 Å². The molecule has 2 unspecified atom stereocenters. The van der Waals surface area contributed by atoms with Gasteiger partial charge in [-0.05, 0) is 30.4 Å². The van der Waals surface area contributed by atoms with Gasteiger partial charge in [-0.3, -0.25) is 53.1 Å². The van der Waals surface area contributed by atoms with E-state index in [2.05, 4.69) is 26.6 Å². The number of urea groups is 1. The van der Waals surface area contributed by atoms with Gasteiger partial charge in [0.05, 0.1) is 19.6 Å². The Labute approximate surface area is 469 Å². The number of carboxylic acid groups (broad SMARTS) is 7. The van der Waals surface area contributed by atoms with Crippen LogP contribution in [0.3, 0.4) is 0 Å². The normalized spacial score (nSPS) is 15.4. The molecule has 1 aliphatic rings. The van der Waals surface area contributed by atoms with Crippen LogP contribution in [0.15, 0.2) is 60.7 Å². The number of benzene rings is 2. The predicted molar refractivity (Wildman–Crippen MR) is 284 cm³/mol. The Hall–Kier alpha value is -8.97. The Bertz CT molecular complexity index is 2530. The summed E-state index contributed by atoms with van der Waals surface area (Å²) < 4.78 is 0. The number of nitrogens with one attached hydrogen (secondary N) is 7. The highest BCUT2D eigenvalue weighted by Gasteiger charge is 2.32. The second kappa shape index (κ2) is 35.6. The van der Waals surface area contributed by atoms with Crippen LogP contribution in [0.1, 0.15) is 49.7 Å². The van der Waals surface area contributed by atoms with E-state index in [1.165, 1.54) is 4.90 Å². The van der Waals surface area contributed by atoms with E-state index < -0.39 is 166 Å². The number of hydrogen-bond donors (Lipinski definition) is 14. The first-order chi connectivity index (χ1) is 38.9. The monoisotopic (exact) mass is 1160 g/mol. The Balaban J connectivity index is 1.67. The summed E-state index contributed by atoms with van der Waals surface area (Å²) in [4.78, 5) is 167. The molecule has 31 nitrogen and oxygen atoms in total. The molecule has 1 heterocycles. The minimum absolute atomic E-state index is 0.0232. The minimum Gasteiger partial charge on any atom is -0.481 e. The quantitative estimate of drug-likeness (QED) is 0.0324. The van der Waals surface area contributed by atoms with E-state index in [4.69, 9.17) is 5.11 Å². The lowest BCUT2D eigenvalue weighted by Crippen LogP contribution is -2.57. The summed E-state index contributed by atoms with van der Waals surface area (Å²) in [5, 5.41) is 83.3. The lowest BCUT2D eigenvalue weighted by molar-refractivity contribution is -0.143. The number of carboxylic acids is 6. The average Bonchev–Trinajstić information content (AvgIpc) is 3.44. The van der Waals surface area contributed by atoms with Crippen LogP contribution >= 0.6 is 0 Å². The van der Waals surface area contributed by atoms with E-state index in [1.54, 1.807) is 70.5 Å². The molecule has 82 heavy (non-hydrogen) atoms. The van der Waals surface area contributed by atoms with Crippen LogP contribution in [0.5, 0.6) is 0 Å². The van der Waals surface area contributed by atoms with Gasteiger partial charge in [0.15, 0.2) is 0 Å². The molecule has 1 saturated heterocycles. The van der Waals surface area contributed by atoms with Crippen LogP contribution < -0.4 is 37.2 Å². The Kier molecular flexibility index (Phi) is 29.2. The van der Waals surface area contributed by atoms with Crippen molar-refractivity contribution in [1.29, 1.82) is 0 Å². The van der Waals surface area contributed by atoms with Crippen molar-refractivity contribution in [1.82, 2.24) is 56.8 Å². The van der Waals surface area contributed by atoms with E-state index in [9.17, 15) is 93.0 Å². The van der Waals surface area contributed by atoms with E-state index in [-0.39, 0.29) is 78.3 Å². The first kappa shape index (κ1) is 67.3. The molecule has 2 aromatic carbocycles. The maximum atomic E-state index is 14.3. The Morgan fingerprint density at radius 3 is 1.12 bits per heavy atom. The molecule has 0 bridgehead atoms. The molecular weight excluding hydrogens is 1090 g/mol. The average molecular weight is 1160 g/mol. The summed E-state index contributed by atoms with van der Waals surface area (Å²) in [5.74, 6) is -12.2. The topological polar surface area (TPSA) is 461 Å². The van der Waals surface area contributed by atoms with Gasteiger partial charge in [-0.25, -0.2) is 24.0 Å². The van der Waals surface area contributed by atoms with Crippen molar-refractivity contribution in [3.05, 3.63) is 71.8 Å². The van der Waals surface area contributed by atoms with E-state index in [0.717, 1.165) is 4.90 Å². The number of aliphatic carboxylic acids is 6. The third-order valence-corrected chi connectivity index (χ3v) is 12.6. The van der Waals surface area contributed by atoms with Gasteiger partial charge in [-0.15, -0.1) is 0 Å². The third-order valence-electron chi connectivity index (χ3n) is 12.6. The van der Waals surface area contributed by atoms with Crippen molar-refractivity contribution in [2.45, 2.75) is 81.6 Å². The fraction of sp³-hybridized carbons (Fsp3) is 0.510. The summed E-state index contributed by atoms with van der Waals surface area (Å²) in [7, 11) is 0. The second-order valence-corrected chi connectivity index (χ2v) is 19.0. The summed E-state index contributed by atoms with van der Waals surface area (Å²) in [6, 6.07) is 7.88. The molecule has 14 N–H and O–H groups in total. The van der Waals surface area contributed by atoms with Crippen molar-refractivity contribution in [2.75, 3.05) is 85.1 Å². The molecule has 8 amide bonds. The highest BCUT2D eigenvalue weighted by Crippen LogP contribution is 2.10. The first-order valence-corrected chi connectivity index (χ1v) is 26.0. The first-order valence-electron chi connectivity index (χ1n) is 26.0. The molecule has 1 aliphatic heterocycles. The van der Waals surface area contributed by atoms with E-state index in [0.29, 0.717) is 11.1 Å². The van der Waals surface area contributed by atoms with Crippen LogP contribution in [0.25, 0.3) is 0 Å². The van der Waals surface area contributed by atoms with Crippen LogP contribution in [0.2, 0.25) is 0 Å². The van der Waals surface area contributed by atoms with Gasteiger partial charge in [0, 0.05) is 97.6 Å². The van der Waals surface area contributed by atoms with Crippen LogP contribution in [0, 0.1) is 0 Å². The van der Waals surface area contributed by atoms with Crippen LogP contribution in [0.4, 0.5) is 9.59 Å². The fourth-order valence-electron chi connectivity index (χ4n) is 8.22. The highest BCUT2D eigenvalue weighted by molar-refractivity contribution is 5.94. The molecule has 0 saturated carbocycles. The maximum Gasteiger partial charge on any atom is 0.407 e. The predicted octanol–water partition coefficient (Wildman–Crippen LogP) is -3.06. The number of amides is 8. The van der Waals surface area contributed by atoms with Gasteiger partial charge >= 0.3 is 47.9 Å². The SMILES string of the molecule is O=C(O)CC[C@H](NC(=O)N[C@@H](CCC(=O)NCCNC(=O)CC[C@@H](NC(=O)C(Cc1ccccc1)NC(=O)C(Cc1ccccc1)NC(=O)CN1CCN(CC(=O)O)CCN(CC(=O)O)CCN(C(=O)O)CC1)C(=O)O)C(=O)O)C(=O)O. The molecule has 3 rings (SSSR count). The van der Waals surface area contributed by atoms with Gasteiger partial charge in [0.25, 0.3) is 0 Å². The summed E-state index contributed by atoms with van der Waals surface area (Å²) in [6.07, 6.45) is -4.43. The standard InChI is InChI=1S/C51H71N11O20/c63-39(52-17-18-53-40(64)15-12-35(48(76)77)57-50(80)58-36(49(78)79)13-16-42(66)67)14-11-34(47(74)75)55-46(73)38(28-33-9-5-2-6-10-33)56-45(72)37(27-32-7-3-1-4-8-32)54-41(65)29-59-19-20-60(30-43(68)69)21-22-61(31-44(70)71)24-26-62(25-23-59)51(81)82/h1-10,34-38H,11-31H2,(H,52,63)(H,53,64)(H,54,65)(H,55,73)(H,56,72)(H,66,67)(H,68,69)(H,70,71)(H,74,75)(H,76,77)(H,78,79)(H,81,82)(H2,57,58,80)/t34-,35+,36+,37?,38?/m1/s1. The van der Waals surface area contributed by atoms with Crippen molar-refractivity contribution in [3.8, 4) is 0 Å². The lowest BCUT2D eigenvalue weighted by atomic mass is 10.0. The fourth-order valence-corrected chi connectivity index (χ4v) is 8.22. The second-order valence-electron chi connectivity index (χ2n) is 19.0. The number of hydrogen-bond acceptors (Lipinski definition) is 16. The van der Waals surface area contributed by atoms with Crippen molar-refractivity contribution >= 4 is 77.5 Å². The molecule has 0 radical (unpaired) electrons. The van der Waals surface area contributed by atoms with Crippen LogP contribution in [-0.4, -0.2) is 248 Å². The summed E-state index contributed by atoms with van der Waals surface area (Å²) >= 11 is 0. The molecule has 5 atom stereocenters. The molecule has 0 aliphatic carbocycles. The third kappa shape index (κ3) is 27.3. The van der Waals surface area contributed by atoms with Crippen molar-refractivity contribution in [2.24, 2.45) is 0 Å². The minimum atomic E-state index is -1.67. The number of rotatable bonds is 32. The molecule has 0 aromatic heterocycles. The smallest absolute Gasteiger partial charge is 0.407 e. The highest BCUT2D eigenvalue weighted by atomic mass is 16.4. The largest absolute Gasteiger partial charge is 0.481 e. The molecular formula is C51H71N11O20. The lowest BCUT2D eigenvalue weighted by Gasteiger charge is -2.32. The summed E-state index contributed by atoms with van der Waals surface area (Å²) in [6.45, 7) is -1.44. The van der Waals surface area contributed by atoms with E-state index >= 15 is 0 Å². The molecule has 450 valence electrons. The molecule has 1 fully saturated rings. The van der Waals surface area contributed by atoms with Gasteiger partial charge in [-0.1, -0.05) is 60.7 Å². The summed E-state index contributed by atoms with van der Waals surface area (Å²) in [5.41, 5.74) is 1.14. The van der Waals surface area contributed by atoms with E-state index in [1.807, 2.05) is 10.6 Å². The molecule has 0 spiro atoms. The van der Waals surface area contributed by atoms with Gasteiger partial charge in [0.1, 0.15) is 30.2 Å². The van der Waals surface area contributed by atoms with Gasteiger partial charge < -0.3 is 77.9 Å². The molecule has 31 heteroatoms. The zero-order valence-corrected chi connectivity index (χ0v) is 44.7.